The number of rotatable bonds is 7. The second-order valence-corrected chi connectivity index (χ2v) is 8.80. The third kappa shape index (κ3) is 4.38. The van der Waals surface area contributed by atoms with Crippen molar-refractivity contribution in [3.05, 3.63) is 95.4 Å². The molecule has 1 aliphatic heterocycles. The highest BCUT2D eigenvalue weighted by molar-refractivity contribution is 7.13. The molecule has 4 aromatic rings. The number of thiazole rings is 1. The van der Waals surface area contributed by atoms with Crippen LogP contribution in [0.15, 0.2) is 84.2 Å². The lowest BCUT2D eigenvalue weighted by Crippen LogP contribution is -2.31. The third-order valence-electron chi connectivity index (χ3n) is 5.63. The summed E-state index contributed by atoms with van der Waals surface area (Å²) in [6, 6.07) is 24.4. The molecule has 7 heteroatoms. The summed E-state index contributed by atoms with van der Waals surface area (Å²) in [7, 11) is 0. The van der Waals surface area contributed by atoms with Crippen molar-refractivity contribution in [1.29, 1.82) is 0 Å². The van der Waals surface area contributed by atoms with Crippen molar-refractivity contribution in [2.45, 2.75) is 12.8 Å². The molecule has 0 aliphatic carbocycles. The summed E-state index contributed by atoms with van der Waals surface area (Å²) in [6.07, 6.45) is 0.593. The van der Waals surface area contributed by atoms with Crippen molar-refractivity contribution in [3.8, 4) is 21.8 Å². The second kappa shape index (κ2) is 9.41. The number of nitrogens with one attached hydrogen (secondary N) is 1. The summed E-state index contributed by atoms with van der Waals surface area (Å²) in [5.74, 6) is -0.768. The van der Waals surface area contributed by atoms with Crippen molar-refractivity contribution < 1.29 is 14.4 Å². The van der Waals surface area contributed by atoms with Crippen LogP contribution in [0, 0.1) is 0 Å². The second-order valence-electron chi connectivity index (χ2n) is 7.94. The number of nitrogens with zero attached hydrogens (tertiary/aromatic N) is 2. The Balaban J connectivity index is 1.18. The molecule has 5 rings (SSSR count). The fourth-order valence-corrected chi connectivity index (χ4v) is 4.77. The van der Waals surface area contributed by atoms with E-state index in [0.717, 1.165) is 21.8 Å². The van der Waals surface area contributed by atoms with Gasteiger partial charge in [-0.3, -0.25) is 19.3 Å². The molecule has 0 spiro atoms. The standard InChI is InChI=1S/C27H21N3O3S/c31-24(14-7-15-30-26(32)21-12-4-5-13-22(21)27(30)33)28-20-11-6-10-19(16-20)23-17-34-25(29-23)18-8-2-1-3-9-18/h1-6,8-13,16-17H,7,14-15H2,(H,28,31). The van der Waals surface area contributed by atoms with Crippen molar-refractivity contribution in [3.63, 3.8) is 0 Å². The minimum absolute atomic E-state index is 0.169. The normalized spacial score (nSPS) is 12.6. The van der Waals surface area contributed by atoms with Crippen LogP contribution >= 0.6 is 11.3 Å². The predicted molar refractivity (Wildman–Crippen MR) is 133 cm³/mol. The van der Waals surface area contributed by atoms with E-state index < -0.39 is 0 Å². The Morgan fingerprint density at radius 2 is 1.53 bits per heavy atom. The van der Waals surface area contributed by atoms with Gasteiger partial charge in [-0.25, -0.2) is 4.98 Å². The first-order valence-corrected chi connectivity index (χ1v) is 11.8. The van der Waals surface area contributed by atoms with Crippen molar-refractivity contribution in [2.75, 3.05) is 11.9 Å². The van der Waals surface area contributed by atoms with Gasteiger partial charge in [0.2, 0.25) is 5.91 Å². The third-order valence-corrected chi connectivity index (χ3v) is 6.52. The number of carbonyl (C=O) groups is 3. The number of hydrogen-bond acceptors (Lipinski definition) is 5. The van der Waals surface area contributed by atoms with Crippen LogP contribution in [0.25, 0.3) is 21.8 Å². The lowest BCUT2D eigenvalue weighted by atomic mass is 10.1. The van der Waals surface area contributed by atoms with Gasteiger partial charge in [0, 0.05) is 35.2 Å². The Hall–Kier alpha value is -4.10. The van der Waals surface area contributed by atoms with Crippen LogP contribution in [-0.4, -0.2) is 34.2 Å². The Morgan fingerprint density at radius 1 is 0.853 bits per heavy atom. The fraction of sp³-hybridized carbons (Fsp3) is 0.111. The molecule has 0 fully saturated rings. The van der Waals surface area contributed by atoms with Crippen LogP contribution in [0.4, 0.5) is 5.69 Å². The molecule has 6 nitrogen and oxygen atoms in total. The summed E-state index contributed by atoms with van der Waals surface area (Å²) in [5.41, 5.74) is 4.36. The van der Waals surface area contributed by atoms with E-state index in [-0.39, 0.29) is 30.7 Å². The Bertz CT molecular complexity index is 1350. The molecular formula is C27H21N3O3S. The number of amides is 3. The average Bonchev–Trinajstić information content (AvgIpc) is 3.45. The van der Waals surface area contributed by atoms with Gasteiger partial charge in [-0.05, 0) is 30.7 Å². The lowest BCUT2D eigenvalue weighted by molar-refractivity contribution is -0.116. The van der Waals surface area contributed by atoms with Gasteiger partial charge < -0.3 is 5.32 Å². The fourth-order valence-electron chi connectivity index (χ4n) is 3.94. The van der Waals surface area contributed by atoms with E-state index in [1.807, 2.05) is 60.0 Å². The van der Waals surface area contributed by atoms with Crippen LogP contribution < -0.4 is 5.32 Å². The molecule has 0 saturated heterocycles. The highest BCUT2D eigenvalue weighted by Gasteiger charge is 2.34. The minimum atomic E-state index is -0.299. The van der Waals surface area contributed by atoms with E-state index in [9.17, 15) is 14.4 Å². The number of carbonyl (C=O) groups excluding carboxylic acids is 3. The number of hydrogen-bond donors (Lipinski definition) is 1. The van der Waals surface area contributed by atoms with Crippen LogP contribution in [-0.2, 0) is 4.79 Å². The molecule has 3 amide bonds. The highest BCUT2D eigenvalue weighted by Crippen LogP contribution is 2.30. The average molecular weight is 468 g/mol. The maximum absolute atomic E-state index is 12.5. The smallest absolute Gasteiger partial charge is 0.261 e. The van der Waals surface area contributed by atoms with Gasteiger partial charge in [0.05, 0.1) is 16.8 Å². The van der Waals surface area contributed by atoms with E-state index in [0.29, 0.717) is 23.2 Å². The quantitative estimate of drug-likeness (QED) is 0.365. The first-order chi connectivity index (χ1) is 16.6. The highest BCUT2D eigenvalue weighted by atomic mass is 32.1. The van der Waals surface area contributed by atoms with Crippen LogP contribution in [0.5, 0.6) is 0 Å². The molecule has 1 aliphatic rings. The number of anilines is 1. The van der Waals surface area contributed by atoms with Gasteiger partial charge in [0.15, 0.2) is 0 Å². The lowest BCUT2D eigenvalue weighted by Gasteiger charge is -2.13. The molecule has 168 valence electrons. The van der Waals surface area contributed by atoms with Gasteiger partial charge in [0.1, 0.15) is 5.01 Å². The summed E-state index contributed by atoms with van der Waals surface area (Å²) in [4.78, 5) is 43.3. The molecule has 0 radical (unpaired) electrons. The van der Waals surface area contributed by atoms with Gasteiger partial charge in [-0.1, -0.05) is 54.6 Å². The maximum atomic E-state index is 12.5. The molecule has 0 unspecified atom stereocenters. The number of aromatic nitrogens is 1. The molecule has 3 aromatic carbocycles. The number of benzene rings is 3. The topological polar surface area (TPSA) is 79.4 Å². The Morgan fingerprint density at radius 3 is 2.26 bits per heavy atom. The summed E-state index contributed by atoms with van der Waals surface area (Å²) >= 11 is 1.58. The Kier molecular flexibility index (Phi) is 6.01. The van der Waals surface area contributed by atoms with E-state index in [4.69, 9.17) is 4.98 Å². The SMILES string of the molecule is O=C(CCCN1C(=O)c2ccccc2C1=O)Nc1cccc(-c2csc(-c3ccccc3)n2)c1. The molecule has 0 atom stereocenters. The first kappa shape index (κ1) is 21.7. The molecule has 1 aromatic heterocycles. The monoisotopic (exact) mass is 467 g/mol. The van der Waals surface area contributed by atoms with E-state index >= 15 is 0 Å². The van der Waals surface area contributed by atoms with Crippen LogP contribution in [0.1, 0.15) is 33.6 Å². The predicted octanol–water partition coefficient (Wildman–Crippen LogP) is 5.49. The van der Waals surface area contributed by atoms with E-state index in [2.05, 4.69) is 5.32 Å². The van der Waals surface area contributed by atoms with E-state index in [1.54, 1.807) is 35.6 Å². The van der Waals surface area contributed by atoms with Crippen molar-refractivity contribution in [1.82, 2.24) is 9.88 Å². The molecule has 2 heterocycles. The van der Waals surface area contributed by atoms with Crippen LogP contribution in [0.2, 0.25) is 0 Å². The summed E-state index contributed by atoms with van der Waals surface area (Å²) in [5, 5.41) is 5.85. The van der Waals surface area contributed by atoms with E-state index in [1.165, 1.54) is 4.90 Å². The zero-order chi connectivity index (χ0) is 23.5. The number of fused-ring (bicyclic) bond motifs is 1. The maximum Gasteiger partial charge on any atom is 0.261 e. The first-order valence-electron chi connectivity index (χ1n) is 11.0. The van der Waals surface area contributed by atoms with Gasteiger partial charge in [-0.2, -0.15) is 0 Å². The summed E-state index contributed by atoms with van der Waals surface area (Å²) in [6.45, 7) is 0.209. The Labute approximate surface area is 200 Å². The molecule has 34 heavy (non-hydrogen) atoms. The molecule has 1 N–H and O–H groups in total. The van der Waals surface area contributed by atoms with Crippen molar-refractivity contribution in [2.24, 2.45) is 0 Å². The number of imide groups is 1. The van der Waals surface area contributed by atoms with Crippen molar-refractivity contribution >= 4 is 34.7 Å². The largest absolute Gasteiger partial charge is 0.326 e. The molecule has 0 saturated carbocycles. The zero-order valence-electron chi connectivity index (χ0n) is 18.2. The van der Waals surface area contributed by atoms with Crippen LogP contribution in [0.3, 0.4) is 0 Å². The van der Waals surface area contributed by atoms with Gasteiger partial charge in [-0.15, -0.1) is 11.3 Å². The molecule has 0 bridgehead atoms. The van der Waals surface area contributed by atoms with Gasteiger partial charge >= 0.3 is 0 Å². The zero-order valence-corrected chi connectivity index (χ0v) is 19.0. The van der Waals surface area contributed by atoms with Gasteiger partial charge in [0.25, 0.3) is 11.8 Å². The molecular weight excluding hydrogens is 446 g/mol. The minimum Gasteiger partial charge on any atom is -0.326 e. The summed E-state index contributed by atoms with van der Waals surface area (Å²) < 4.78 is 0.